The molecule has 1 N–H and O–H groups in total. The number of nitrogens with one attached hydrogen (secondary N) is 1. The van der Waals surface area contributed by atoms with Crippen molar-refractivity contribution in [1.29, 1.82) is 0 Å². The molecule has 0 saturated carbocycles. The highest BCUT2D eigenvalue weighted by Crippen LogP contribution is 2.32. The zero-order chi connectivity index (χ0) is 13.1. The summed E-state index contributed by atoms with van der Waals surface area (Å²) in [5, 5.41) is 3.04. The Balaban J connectivity index is 3.10. The Labute approximate surface area is 100 Å². The van der Waals surface area contributed by atoms with Gasteiger partial charge in [-0.2, -0.15) is 13.2 Å². The molecule has 96 valence electrons. The molecular formula is C13H18F3N. The normalized spacial score (nSPS) is 12.2. The molecule has 0 atom stereocenters. The van der Waals surface area contributed by atoms with Crippen molar-refractivity contribution in [1.82, 2.24) is 5.32 Å². The van der Waals surface area contributed by atoms with Crippen LogP contribution in [0.4, 0.5) is 13.2 Å². The zero-order valence-corrected chi connectivity index (χ0v) is 10.4. The molecule has 4 heteroatoms. The molecule has 1 nitrogen and oxygen atoms in total. The molecule has 0 unspecified atom stereocenters. The number of rotatable bonds is 4. The highest BCUT2D eigenvalue weighted by Gasteiger charge is 2.31. The summed E-state index contributed by atoms with van der Waals surface area (Å²) >= 11 is 0. The number of hydrogen-bond acceptors (Lipinski definition) is 1. The van der Waals surface area contributed by atoms with Crippen molar-refractivity contribution in [2.45, 2.75) is 39.4 Å². The monoisotopic (exact) mass is 245 g/mol. The van der Waals surface area contributed by atoms with Crippen LogP contribution in [-0.4, -0.2) is 6.54 Å². The predicted octanol–water partition coefficient (Wildman–Crippen LogP) is 3.94. The van der Waals surface area contributed by atoms with Gasteiger partial charge in [-0.15, -0.1) is 0 Å². The van der Waals surface area contributed by atoms with E-state index in [0.717, 1.165) is 12.1 Å². The third-order valence-electron chi connectivity index (χ3n) is 2.59. The molecule has 1 rings (SSSR count). The predicted molar refractivity (Wildman–Crippen MR) is 62.9 cm³/mol. The van der Waals surface area contributed by atoms with Gasteiger partial charge < -0.3 is 5.32 Å². The van der Waals surface area contributed by atoms with Crippen molar-refractivity contribution in [3.8, 4) is 0 Å². The van der Waals surface area contributed by atoms with Crippen LogP contribution in [0.25, 0.3) is 0 Å². The second-order valence-corrected chi connectivity index (χ2v) is 4.40. The third kappa shape index (κ3) is 4.04. The van der Waals surface area contributed by atoms with Gasteiger partial charge in [-0.1, -0.05) is 26.8 Å². The fraction of sp³-hybridized carbons (Fsp3) is 0.538. The first-order valence-corrected chi connectivity index (χ1v) is 5.76. The van der Waals surface area contributed by atoms with Crippen LogP contribution in [0.2, 0.25) is 0 Å². The second-order valence-electron chi connectivity index (χ2n) is 4.40. The molecule has 0 heterocycles. The van der Waals surface area contributed by atoms with E-state index in [0.29, 0.717) is 12.1 Å². The summed E-state index contributed by atoms with van der Waals surface area (Å²) in [4.78, 5) is 0. The Kier molecular flexibility index (Phi) is 4.57. The first kappa shape index (κ1) is 14.0. The lowest BCUT2D eigenvalue weighted by Gasteiger charge is -2.14. The average Bonchev–Trinajstić information content (AvgIpc) is 2.24. The van der Waals surface area contributed by atoms with E-state index in [-0.39, 0.29) is 5.92 Å². The van der Waals surface area contributed by atoms with Gasteiger partial charge in [0.05, 0.1) is 5.56 Å². The van der Waals surface area contributed by atoms with Gasteiger partial charge in [-0.05, 0) is 35.7 Å². The van der Waals surface area contributed by atoms with Crippen molar-refractivity contribution in [2.24, 2.45) is 0 Å². The van der Waals surface area contributed by atoms with Crippen molar-refractivity contribution < 1.29 is 13.2 Å². The maximum Gasteiger partial charge on any atom is 0.416 e. The smallest absolute Gasteiger partial charge is 0.313 e. The molecule has 1 aromatic carbocycles. The van der Waals surface area contributed by atoms with E-state index in [1.807, 2.05) is 26.8 Å². The van der Waals surface area contributed by atoms with Gasteiger partial charge in [0.15, 0.2) is 0 Å². The van der Waals surface area contributed by atoms with E-state index in [2.05, 4.69) is 5.32 Å². The lowest BCUT2D eigenvalue weighted by atomic mass is 9.97. The van der Waals surface area contributed by atoms with Crippen molar-refractivity contribution in [3.05, 3.63) is 34.9 Å². The van der Waals surface area contributed by atoms with Crippen LogP contribution in [0.3, 0.4) is 0 Å². The Morgan fingerprint density at radius 3 is 2.29 bits per heavy atom. The van der Waals surface area contributed by atoms with E-state index in [9.17, 15) is 13.2 Å². The molecule has 0 radical (unpaired) electrons. The molecule has 0 aliphatic heterocycles. The van der Waals surface area contributed by atoms with E-state index < -0.39 is 11.7 Å². The van der Waals surface area contributed by atoms with E-state index in [1.54, 1.807) is 0 Å². The van der Waals surface area contributed by atoms with Crippen LogP contribution in [0.5, 0.6) is 0 Å². The van der Waals surface area contributed by atoms with Gasteiger partial charge in [0.25, 0.3) is 0 Å². The van der Waals surface area contributed by atoms with Crippen molar-refractivity contribution >= 4 is 0 Å². The lowest BCUT2D eigenvalue weighted by molar-refractivity contribution is -0.137. The SMILES string of the molecule is CCNCc1cc(C(C)C)cc(C(F)(F)F)c1. The molecule has 0 aromatic heterocycles. The molecule has 0 fully saturated rings. The largest absolute Gasteiger partial charge is 0.416 e. The van der Waals surface area contributed by atoms with Gasteiger partial charge in [0, 0.05) is 6.54 Å². The van der Waals surface area contributed by atoms with Crippen LogP contribution >= 0.6 is 0 Å². The van der Waals surface area contributed by atoms with Crippen molar-refractivity contribution in [3.63, 3.8) is 0 Å². The first-order chi connectivity index (χ1) is 7.84. The summed E-state index contributed by atoms with van der Waals surface area (Å²) in [6, 6.07) is 4.29. The summed E-state index contributed by atoms with van der Waals surface area (Å²) in [6.07, 6.45) is -4.27. The molecule has 0 saturated heterocycles. The minimum Gasteiger partial charge on any atom is -0.313 e. The van der Waals surface area contributed by atoms with Gasteiger partial charge in [-0.3, -0.25) is 0 Å². The molecule has 0 spiro atoms. The van der Waals surface area contributed by atoms with E-state index in [1.165, 1.54) is 12.1 Å². The number of benzene rings is 1. The molecule has 17 heavy (non-hydrogen) atoms. The molecule has 0 bridgehead atoms. The maximum atomic E-state index is 12.7. The van der Waals surface area contributed by atoms with Crippen LogP contribution in [0.1, 0.15) is 43.4 Å². The summed E-state index contributed by atoms with van der Waals surface area (Å²) in [5.74, 6) is 0.0951. The third-order valence-corrected chi connectivity index (χ3v) is 2.59. The fourth-order valence-electron chi connectivity index (χ4n) is 1.59. The topological polar surface area (TPSA) is 12.0 Å². The molecule has 0 aliphatic carbocycles. The van der Waals surface area contributed by atoms with E-state index >= 15 is 0 Å². The minimum atomic E-state index is -4.27. The molecule has 0 amide bonds. The number of halogens is 3. The van der Waals surface area contributed by atoms with Crippen LogP contribution < -0.4 is 5.32 Å². The Hall–Kier alpha value is -1.03. The van der Waals surface area contributed by atoms with Crippen molar-refractivity contribution in [2.75, 3.05) is 6.54 Å². The summed E-state index contributed by atoms with van der Waals surface area (Å²) in [5.41, 5.74) is 0.856. The Morgan fingerprint density at radius 2 is 1.82 bits per heavy atom. The van der Waals surface area contributed by atoms with Crippen LogP contribution in [-0.2, 0) is 12.7 Å². The lowest BCUT2D eigenvalue weighted by Crippen LogP contribution is -2.14. The van der Waals surface area contributed by atoms with Crippen LogP contribution in [0.15, 0.2) is 18.2 Å². The highest BCUT2D eigenvalue weighted by molar-refractivity contribution is 5.33. The fourth-order valence-corrected chi connectivity index (χ4v) is 1.59. The molecule has 0 aliphatic rings. The van der Waals surface area contributed by atoms with E-state index in [4.69, 9.17) is 0 Å². The average molecular weight is 245 g/mol. The number of hydrogen-bond donors (Lipinski definition) is 1. The van der Waals surface area contributed by atoms with Gasteiger partial charge >= 0.3 is 6.18 Å². The second kappa shape index (κ2) is 5.54. The minimum absolute atomic E-state index is 0.0951. The van der Waals surface area contributed by atoms with Gasteiger partial charge in [-0.25, -0.2) is 0 Å². The first-order valence-electron chi connectivity index (χ1n) is 5.76. The quantitative estimate of drug-likeness (QED) is 0.847. The number of alkyl halides is 3. The van der Waals surface area contributed by atoms with Gasteiger partial charge in [0.2, 0.25) is 0 Å². The summed E-state index contributed by atoms with van der Waals surface area (Å²) < 4.78 is 38.1. The van der Waals surface area contributed by atoms with Gasteiger partial charge in [0.1, 0.15) is 0 Å². The summed E-state index contributed by atoms with van der Waals surface area (Å²) in [7, 11) is 0. The molecule has 1 aromatic rings. The summed E-state index contributed by atoms with van der Waals surface area (Å²) in [6.45, 7) is 6.93. The van der Waals surface area contributed by atoms with Crippen LogP contribution in [0, 0.1) is 0 Å². The zero-order valence-electron chi connectivity index (χ0n) is 10.4. The molecular weight excluding hydrogens is 227 g/mol. The Morgan fingerprint density at radius 1 is 1.18 bits per heavy atom. The standard InChI is InChI=1S/C13H18F3N/c1-4-17-8-10-5-11(9(2)3)7-12(6-10)13(14,15)16/h5-7,9,17H,4,8H2,1-3H3. The highest BCUT2D eigenvalue weighted by atomic mass is 19.4. The maximum absolute atomic E-state index is 12.7. The Bertz CT molecular complexity index is 369.